The minimum atomic E-state index is -3.39. The molecule has 2 aromatic heterocycles. The van der Waals surface area contributed by atoms with E-state index in [9.17, 15) is 13.2 Å². The van der Waals surface area contributed by atoms with Gasteiger partial charge in [0, 0.05) is 12.7 Å². The van der Waals surface area contributed by atoms with Crippen molar-refractivity contribution in [2.45, 2.75) is 31.8 Å². The summed E-state index contributed by atoms with van der Waals surface area (Å²) in [5, 5.41) is 10.8. The Morgan fingerprint density at radius 1 is 1.35 bits per heavy atom. The third kappa shape index (κ3) is 3.35. The predicted octanol–water partition coefficient (Wildman–Crippen LogP) is 0.160. The molecule has 0 radical (unpaired) electrons. The van der Waals surface area contributed by atoms with Gasteiger partial charge in [-0.2, -0.15) is 4.31 Å². The van der Waals surface area contributed by atoms with E-state index in [1.165, 1.54) is 4.31 Å². The molecule has 0 unspecified atom stereocenters. The van der Waals surface area contributed by atoms with Gasteiger partial charge < -0.3 is 5.32 Å². The SMILES string of the molecule is CS(=O)(=O)N1CCCC[C@@H]1C(=O)NCc1nnc2ccccn12. The molecular formula is C14H19N5O3S. The van der Waals surface area contributed by atoms with E-state index in [4.69, 9.17) is 0 Å². The molecule has 1 aliphatic heterocycles. The molecule has 23 heavy (non-hydrogen) atoms. The Morgan fingerprint density at radius 3 is 2.96 bits per heavy atom. The highest BCUT2D eigenvalue weighted by molar-refractivity contribution is 7.88. The van der Waals surface area contributed by atoms with Gasteiger partial charge in [0.05, 0.1) is 12.8 Å². The van der Waals surface area contributed by atoms with Gasteiger partial charge in [-0.3, -0.25) is 9.20 Å². The van der Waals surface area contributed by atoms with Crippen LogP contribution in [0.25, 0.3) is 5.65 Å². The zero-order chi connectivity index (χ0) is 16.4. The number of rotatable bonds is 4. The van der Waals surface area contributed by atoms with Crippen molar-refractivity contribution in [1.82, 2.24) is 24.2 Å². The Labute approximate surface area is 134 Å². The number of hydrogen-bond acceptors (Lipinski definition) is 5. The van der Waals surface area contributed by atoms with E-state index in [-0.39, 0.29) is 12.5 Å². The van der Waals surface area contributed by atoms with Crippen molar-refractivity contribution in [3.8, 4) is 0 Å². The summed E-state index contributed by atoms with van der Waals surface area (Å²) in [5.74, 6) is 0.318. The topological polar surface area (TPSA) is 96.7 Å². The van der Waals surface area contributed by atoms with E-state index in [1.807, 2.05) is 24.4 Å². The molecule has 124 valence electrons. The Kier molecular flexibility index (Phi) is 4.31. The summed E-state index contributed by atoms with van der Waals surface area (Å²) in [6, 6.07) is 4.90. The van der Waals surface area contributed by atoms with E-state index in [0.29, 0.717) is 24.4 Å². The summed E-state index contributed by atoms with van der Waals surface area (Å²) in [4.78, 5) is 12.4. The monoisotopic (exact) mass is 337 g/mol. The Balaban J connectivity index is 1.71. The van der Waals surface area contributed by atoms with E-state index in [0.717, 1.165) is 19.1 Å². The lowest BCUT2D eigenvalue weighted by molar-refractivity contribution is -0.125. The van der Waals surface area contributed by atoms with E-state index < -0.39 is 16.1 Å². The van der Waals surface area contributed by atoms with Crippen LogP contribution in [0.4, 0.5) is 0 Å². The lowest BCUT2D eigenvalue weighted by atomic mass is 10.0. The number of hydrogen-bond donors (Lipinski definition) is 1. The van der Waals surface area contributed by atoms with Gasteiger partial charge in [0.2, 0.25) is 15.9 Å². The van der Waals surface area contributed by atoms with Crippen molar-refractivity contribution in [1.29, 1.82) is 0 Å². The lowest BCUT2D eigenvalue weighted by Crippen LogP contribution is -2.51. The van der Waals surface area contributed by atoms with E-state index >= 15 is 0 Å². The summed E-state index contributed by atoms with van der Waals surface area (Å²) in [7, 11) is -3.39. The molecule has 1 amide bonds. The second kappa shape index (κ2) is 6.25. The third-order valence-electron chi connectivity index (χ3n) is 3.99. The molecule has 2 aromatic rings. The first-order valence-corrected chi connectivity index (χ1v) is 9.35. The summed E-state index contributed by atoms with van der Waals surface area (Å²) >= 11 is 0. The fourth-order valence-electron chi connectivity index (χ4n) is 2.86. The lowest BCUT2D eigenvalue weighted by Gasteiger charge is -2.32. The maximum absolute atomic E-state index is 12.4. The van der Waals surface area contributed by atoms with Crippen LogP contribution in [0, 0.1) is 0 Å². The molecule has 8 nitrogen and oxygen atoms in total. The van der Waals surface area contributed by atoms with Crippen LogP contribution in [-0.2, 0) is 21.4 Å². The molecule has 3 heterocycles. The van der Waals surface area contributed by atoms with Crippen LogP contribution in [0.1, 0.15) is 25.1 Å². The standard InChI is InChI=1S/C14H19N5O3S/c1-23(21,22)19-9-5-2-6-11(19)14(20)15-10-13-17-16-12-7-3-4-8-18(12)13/h3-4,7-8,11H,2,5-6,9-10H2,1H3,(H,15,20)/t11-/m1/s1. The van der Waals surface area contributed by atoms with Crippen molar-refractivity contribution in [2.24, 2.45) is 0 Å². The Bertz CT molecular complexity index is 817. The van der Waals surface area contributed by atoms with Gasteiger partial charge in [0.1, 0.15) is 6.04 Å². The molecule has 0 aromatic carbocycles. The van der Waals surface area contributed by atoms with Crippen LogP contribution in [0.3, 0.4) is 0 Å². The average molecular weight is 337 g/mol. The molecular weight excluding hydrogens is 318 g/mol. The number of piperidine rings is 1. The van der Waals surface area contributed by atoms with Crippen LogP contribution < -0.4 is 5.32 Å². The molecule has 3 rings (SSSR count). The summed E-state index contributed by atoms with van der Waals surface area (Å²) < 4.78 is 26.7. The number of pyridine rings is 1. The van der Waals surface area contributed by atoms with Crippen LogP contribution in [0.15, 0.2) is 24.4 Å². The zero-order valence-corrected chi connectivity index (χ0v) is 13.7. The maximum Gasteiger partial charge on any atom is 0.238 e. The van der Waals surface area contributed by atoms with Crippen LogP contribution in [-0.4, -0.2) is 52.1 Å². The fraction of sp³-hybridized carbons (Fsp3) is 0.500. The molecule has 1 saturated heterocycles. The largest absolute Gasteiger partial charge is 0.347 e. The zero-order valence-electron chi connectivity index (χ0n) is 12.8. The number of carbonyl (C=O) groups is 1. The normalized spacial score (nSPS) is 19.8. The minimum Gasteiger partial charge on any atom is -0.347 e. The number of nitrogens with one attached hydrogen (secondary N) is 1. The van der Waals surface area contributed by atoms with E-state index in [1.54, 1.807) is 4.40 Å². The van der Waals surface area contributed by atoms with Gasteiger partial charge in [0.25, 0.3) is 0 Å². The van der Waals surface area contributed by atoms with Gasteiger partial charge in [-0.15, -0.1) is 10.2 Å². The first-order chi connectivity index (χ1) is 11.0. The highest BCUT2D eigenvalue weighted by Crippen LogP contribution is 2.20. The first-order valence-electron chi connectivity index (χ1n) is 7.50. The van der Waals surface area contributed by atoms with Gasteiger partial charge >= 0.3 is 0 Å². The van der Waals surface area contributed by atoms with Crippen LogP contribution in [0.2, 0.25) is 0 Å². The smallest absolute Gasteiger partial charge is 0.238 e. The van der Waals surface area contributed by atoms with Gasteiger partial charge in [-0.1, -0.05) is 12.5 Å². The van der Waals surface area contributed by atoms with Gasteiger partial charge in [-0.25, -0.2) is 8.42 Å². The van der Waals surface area contributed by atoms with Crippen molar-refractivity contribution >= 4 is 21.6 Å². The summed E-state index contributed by atoms with van der Waals surface area (Å²) in [6.45, 7) is 0.600. The second-order valence-corrected chi connectivity index (χ2v) is 7.58. The number of fused-ring (bicyclic) bond motifs is 1. The average Bonchev–Trinajstić information content (AvgIpc) is 2.95. The molecule has 0 aliphatic carbocycles. The second-order valence-electron chi connectivity index (χ2n) is 5.65. The number of amides is 1. The van der Waals surface area contributed by atoms with Crippen LogP contribution >= 0.6 is 0 Å². The number of sulfonamides is 1. The quantitative estimate of drug-likeness (QED) is 0.857. The van der Waals surface area contributed by atoms with Crippen molar-refractivity contribution in [3.05, 3.63) is 30.2 Å². The molecule has 0 spiro atoms. The molecule has 1 N–H and O–H groups in total. The highest BCUT2D eigenvalue weighted by atomic mass is 32.2. The van der Waals surface area contributed by atoms with Crippen molar-refractivity contribution < 1.29 is 13.2 Å². The first kappa shape index (κ1) is 15.9. The number of nitrogens with zero attached hydrogens (tertiary/aromatic N) is 4. The molecule has 0 bridgehead atoms. The Morgan fingerprint density at radius 2 is 2.17 bits per heavy atom. The third-order valence-corrected chi connectivity index (χ3v) is 5.28. The van der Waals surface area contributed by atoms with Gasteiger partial charge in [-0.05, 0) is 25.0 Å². The molecule has 1 atom stereocenters. The van der Waals surface area contributed by atoms with Crippen molar-refractivity contribution in [3.63, 3.8) is 0 Å². The number of carbonyl (C=O) groups excluding carboxylic acids is 1. The van der Waals surface area contributed by atoms with Gasteiger partial charge in [0.15, 0.2) is 11.5 Å². The highest BCUT2D eigenvalue weighted by Gasteiger charge is 2.34. The maximum atomic E-state index is 12.4. The van der Waals surface area contributed by atoms with Crippen LogP contribution in [0.5, 0.6) is 0 Å². The molecule has 1 aliphatic rings. The molecule has 1 fully saturated rings. The summed E-state index contributed by atoms with van der Waals surface area (Å²) in [5.41, 5.74) is 0.701. The Hall–Kier alpha value is -2.00. The molecule has 0 saturated carbocycles. The summed E-state index contributed by atoms with van der Waals surface area (Å²) in [6.07, 6.45) is 5.13. The van der Waals surface area contributed by atoms with E-state index in [2.05, 4.69) is 15.5 Å². The number of aromatic nitrogens is 3. The predicted molar refractivity (Wildman–Crippen MR) is 84.0 cm³/mol. The fourth-order valence-corrected chi connectivity index (χ4v) is 3.98. The van der Waals surface area contributed by atoms with Crippen molar-refractivity contribution in [2.75, 3.05) is 12.8 Å². The minimum absolute atomic E-state index is 0.206. The molecule has 9 heteroatoms.